The molecule has 1 heteroatoms. The lowest BCUT2D eigenvalue weighted by Gasteiger charge is -2.28. The molecular formula is C22H32O. The molecule has 0 unspecified atom stereocenters. The highest BCUT2D eigenvalue weighted by Gasteiger charge is 2.21. The summed E-state index contributed by atoms with van der Waals surface area (Å²) in [6.45, 7) is 5.71. The molecule has 0 heterocycles. The van der Waals surface area contributed by atoms with Gasteiger partial charge >= 0.3 is 0 Å². The highest BCUT2D eigenvalue weighted by Crippen LogP contribution is 2.37. The molecule has 1 aromatic rings. The third-order valence-corrected chi connectivity index (χ3v) is 4.94. The molecule has 2 rings (SSSR count). The van der Waals surface area contributed by atoms with Crippen LogP contribution in [-0.4, -0.2) is 6.61 Å². The maximum Gasteiger partial charge on any atom is 0.0717 e. The first kappa shape index (κ1) is 18.0. The standard InChI is InChI=1S/C22H32O/c1-3-5-7-17-23-18-20-11-15-22(16-12-20)21-13-9-19(10-14-21)8-6-4-2/h3-6,11-12,15-16,19,21H,7-10,13-14,17-18H2,1-2H3. The summed E-state index contributed by atoms with van der Waals surface area (Å²) in [5, 5.41) is 0. The molecule has 0 N–H and O–H groups in total. The Hall–Kier alpha value is -1.34. The van der Waals surface area contributed by atoms with E-state index in [9.17, 15) is 0 Å². The quantitative estimate of drug-likeness (QED) is 0.398. The first-order valence-corrected chi connectivity index (χ1v) is 9.22. The van der Waals surface area contributed by atoms with Crippen molar-refractivity contribution in [1.29, 1.82) is 0 Å². The van der Waals surface area contributed by atoms with Gasteiger partial charge in [0.05, 0.1) is 13.2 Å². The molecule has 0 saturated heterocycles. The monoisotopic (exact) mass is 312 g/mol. The molecule has 0 radical (unpaired) electrons. The lowest BCUT2D eigenvalue weighted by molar-refractivity contribution is 0.125. The molecule has 126 valence electrons. The van der Waals surface area contributed by atoms with Crippen molar-refractivity contribution in [3.63, 3.8) is 0 Å². The van der Waals surface area contributed by atoms with E-state index in [0.29, 0.717) is 0 Å². The molecule has 1 nitrogen and oxygen atoms in total. The van der Waals surface area contributed by atoms with Crippen molar-refractivity contribution >= 4 is 0 Å². The first-order chi connectivity index (χ1) is 11.3. The Morgan fingerprint density at radius 1 is 0.957 bits per heavy atom. The summed E-state index contributed by atoms with van der Waals surface area (Å²) in [7, 11) is 0. The largest absolute Gasteiger partial charge is 0.376 e. The van der Waals surface area contributed by atoms with Crippen LogP contribution in [0.1, 0.15) is 69.4 Å². The summed E-state index contributed by atoms with van der Waals surface area (Å²) in [6, 6.07) is 9.14. The Balaban J connectivity index is 1.74. The molecule has 23 heavy (non-hydrogen) atoms. The van der Waals surface area contributed by atoms with Crippen LogP contribution in [0.15, 0.2) is 48.6 Å². The normalized spacial score (nSPS) is 22.2. The number of ether oxygens (including phenoxy) is 1. The third kappa shape index (κ3) is 6.35. The first-order valence-electron chi connectivity index (χ1n) is 9.22. The van der Waals surface area contributed by atoms with Gasteiger partial charge in [-0.05, 0) is 75.3 Å². The lowest BCUT2D eigenvalue weighted by atomic mass is 9.77. The predicted octanol–water partition coefficient (Wildman–Crippen LogP) is 6.41. The smallest absolute Gasteiger partial charge is 0.0717 e. The van der Waals surface area contributed by atoms with E-state index in [-0.39, 0.29) is 0 Å². The molecule has 0 bridgehead atoms. The van der Waals surface area contributed by atoms with Gasteiger partial charge in [0.1, 0.15) is 0 Å². The number of benzene rings is 1. The van der Waals surface area contributed by atoms with Gasteiger partial charge in [-0.25, -0.2) is 0 Å². The minimum atomic E-state index is 0.730. The summed E-state index contributed by atoms with van der Waals surface area (Å²) in [5.74, 6) is 1.67. The number of hydrogen-bond donors (Lipinski definition) is 0. The van der Waals surface area contributed by atoms with Gasteiger partial charge in [-0.1, -0.05) is 48.6 Å². The molecule has 0 atom stereocenters. The molecule has 0 spiro atoms. The molecule has 1 fully saturated rings. The van der Waals surface area contributed by atoms with Gasteiger partial charge in [-0.3, -0.25) is 0 Å². The summed E-state index contributed by atoms with van der Waals surface area (Å²) in [4.78, 5) is 0. The average molecular weight is 312 g/mol. The summed E-state index contributed by atoms with van der Waals surface area (Å²) in [5.41, 5.74) is 2.81. The molecule has 1 aliphatic rings. The van der Waals surface area contributed by atoms with Crippen molar-refractivity contribution in [1.82, 2.24) is 0 Å². The Morgan fingerprint density at radius 3 is 2.30 bits per heavy atom. The fourth-order valence-corrected chi connectivity index (χ4v) is 3.45. The van der Waals surface area contributed by atoms with Crippen molar-refractivity contribution in [2.45, 2.75) is 64.9 Å². The zero-order valence-electron chi connectivity index (χ0n) is 14.8. The lowest BCUT2D eigenvalue weighted by Crippen LogP contribution is -2.12. The minimum absolute atomic E-state index is 0.730. The summed E-state index contributed by atoms with van der Waals surface area (Å²) in [6.07, 6.45) is 16.5. The number of allylic oxidation sites excluding steroid dienone is 3. The number of hydrogen-bond acceptors (Lipinski definition) is 1. The van der Waals surface area contributed by atoms with Crippen LogP contribution in [0.2, 0.25) is 0 Å². The van der Waals surface area contributed by atoms with E-state index in [0.717, 1.165) is 31.5 Å². The Labute approximate surface area is 142 Å². The van der Waals surface area contributed by atoms with E-state index in [1.54, 1.807) is 0 Å². The fourth-order valence-electron chi connectivity index (χ4n) is 3.45. The summed E-state index contributed by atoms with van der Waals surface area (Å²) < 4.78 is 5.70. The van der Waals surface area contributed by atoms with Crippen LogP contribution >= 0.6 is 0 Å². The van der Waals surface area contributed by atoms with Crippen molar-refractivity contribution < 1.29 is 4.74 Å². The van der Waals surface area contributed by atoms with Gasteiger partial charge in [-0.2, -0.15) is 0 Å². The van der Waals surface area contributed by atoms with E-state index >= 15 is 0 Å². The van der Waals surface area contributed by atoms with Crippen molar-refractivity contribution in [2.24, 2.45) is 5.92 Å². The van der Waals surface area contributed by atoms with E-state index in [1.807, 2.05) is 6.92 Å². The second-order valence-electron chi connectivity index (χ2n) is 6.67. The molecule has 1 saturated carbocycles. The van der Waals surface area contributed by atoms with Crippen LogP contribution in [0, 0.1) is 5.92 Å². The van der Waals surface area contributed by atoms with Crippen LogP contribution in [0.5, 0.6) is 0 Å². The maximum absolute atomic E-state index is 5.70. The maximum atomic E-state index is 5.70. The topological polar surface area (TPSA) is 9.23 Å². The van der Waals surface area contributed by atoms with Crippen LogP contribution < -0.4 is 0 Å². The van der Waals surface area contributed by atoms with Gasteiger partial charge in [0, 0.05) is 0 Å². The molecule has 0 amide bonds. The second-order valence-corrected chi connectivity index (χ2v) is 6.67. The Kier molecular flexibility index (Phi) is 8.17. The van der Waals surface area contributed by atoms with Crippen LogP contribution in [-0.2, 0) is 11.3 Å². The van der Waals surface area contributed by atoms with E-state index in [4.69, 9.17) is 4.74 Å². The van der Waals surface area contributed by atoms with Gasteiger partial charge in [0.25, 0.3) is 0 Å². The second kappa shape index (κ2) is 10.4. The SMILES string of the molecule is CC=CCCOCc1ccc(C2CCC(CC=CC)CC2)cc1. The van der Waals surface area contributed by atoms with Crippen molar-refractivity contribution in [3.05, 3.63) is 59.7 Å². The molecule has 0 aromatic heterocycles. The summed E-state index contributed by atoms with van der Waals surface area (Å²) >= 11 is 0. The predicted molar refractivity (Wildman–Crippen MR) is 99.7 cm³/mol. The van der Waals surface area contributed by atoms with Gasteiger partial charge < -0.3 is 4.74 Å². The van der Waals surface area contributed by atoms with E-state index in [1.165, 1.54) is 43.2 Å². The Morgan fingerprint density at radius 2 is 1.65 bits per heavy atom. The van der Waals surface area contributed by atoms with E-state index in [2.05, 4.69) is 55.5 Å². The molecule has 1 aromatic carbocycles. The van der Waals surface area contributed by atoms with Gasteiger partial charge in [0.15, 0.2) is 0 Å². The molecule has 1 aliphatic carbocycles. The highest BCUT2D eigenvalue weighted by atomic mass is 16.5. The zero-order valence-corrected chi connectivity index (χ0v) is 14.8. The van der Waals surface area contributed by atoms with Gasteiger partial charge in [-0.15, -0.1) is 0 Å². The number of rotatable bonds is 8. The minimum Gasteiger partial charge on any atom is -0.376 e. The van der Waals surface area contributed by atoms with Crippen LogP contribution in [0.3, 0.4) is 0 Å². The van der Waals surface area contributed by atoms with Crippen LogP contribution in [0.4, 0.5) is 0 Å². The van der Waals surface area contributed by atoms with Crippen LogP contribution in [0.25, 0.3) is 0 Å². The average Bonchev–Trinajstić information content (AvgIpc) is 2.61. The van der Waals surface area contributed by atoms with Gasteiger partial charge in [0.2, 0.25) is 0 Å². The fraction of sp³-hybridized carbons (Fsp3) is 0.545. The zero-order chi connectivity index (χ0) is 16.3. The highest BCUT2D eigenvalue weighted by molar-refractivity contribution is 5.25. The van der Waals surface area contributed by atoms with E-state index < -0.39 is 0 Å². The van der Waals surface area contributed by atoms with Crippen molar-refractivity contribution in [3.8, 4) is 0 Å². The molecular weight excluding hydrogens is 280 g/mol. The Bertz CT molecular complexity index is 475. The third-order valence-electron chi connectivity index (χ3n) is 4.94. The van der Waals surface area contributed by atoms with Crippen molar-refractivity contribution in [2.75, 3.05) is 6.61 Å². The molecule has 0 aliphatic heterocycles.